The molecule has 1 N–H and O–H groups in total. The van der Waals surface area contributed by atoms with E-state index in [1.807, 2.05) is 12.1 Å². The smallest absolute Gasteiger partial charge is 0.323 e. The van der Waals surface area contributed by atoms with Crippen LogP contribution in [0.2, 0.25) is 0 Å². The number of piperidine rings is 2. The van der Waals surface area contributed by atoms with Gasteiger partial charge in [-0.2, -0.15) is 0 Å². The fourth-order valence-electron chi connectivity index (χ4n) is 5.58. The van der Waals surface area contributed by atoms with Gasteiger partial charge in [-0.15, -0.1) is 0 Å². The number of hydrogen-bond donors (Lipinski definition) is 1. The molecular weight excluding hydrogens is 412 g/mol. The Morgan fingerprint density at radius 1 is 0.788 bits per heavy atom. The number of benzene rings is 2. The number of nitrogens with one attached hydrogen (secondary N) is 1. The van der Waals surface area contributed by atoms with Crippen LogP contribution in [0.15, 0.2) is 60.7 Å². The molecule has 3 amide bonds. The van der Waals surface area contributed by atoms with Crippen LogP contribution in [-0.4, -0.2) is 70.9 Å². The first-order valence-electron chi connectivity index (χ1n) is 12.3. The second-order valence-corrected chi connectivity index (χ2v) is 9.76. The second-order valence-electron chi connectivity index (χ2n) is 9.76. The zero-order chi connectivity index (χ0) is 22.7. The van der Waals surface area contributed by atoms with Crippen LogP contribution < -0.4 is 5.32 Å². The average molecular weight is 447 g/mol. The van der Waals surface area contributed by atoms with Gasteiger partial charge in [-0.3, -0.25) is 14.6 Å². The van der Waals surface area contributed by atoms with Crippen molar-refractivity contribution >= 4 is 11.9 Å². The van der Waals surface area contributed by atoms with Crippen LogP contribution in [-0.2, 0) is 17.8 Å². The first kappa shape index (κ1) is 22.1. The van der Waals surface area contributed by atoms with E-state index in [-0.39, 0.29) is 18.0 Å². The van der Waals surface area contributed by atoms with Crippen LogP contribution in [0, 0.1) is 0 Å². The minimum Gasteiger partial charge on any atom is -0.323 e. The highest BCUT2D eigenvalue weighted by atomic mass is 16.2. The normalized spacial score (nSPS) is 22.1. The Bertz CT molecular complexity index is 949. The summed E-state index contributed by atoms with van der Waals surface area (Å²) in [4.78, 5) is 32.8. The number of carbonyl (C=O) groups is 2. The summed E-state index contributed by atoms with van der Waals surface area (Å²) in [5.74, 6) is 0.0109. The SMILES string of the molecule is O=C1NC2(CCN(CCc3ccccc3)CC2)C(=O)N1C1CCN(Cc2ccccc2)CC1. The summed E-state index contributed by atoms with van der Waals surface area (Å²) < 4.78 is 0. The van der Waals surface area contributed by atoms with Crippen LogP contribution in [0.3, 0.4) is 0 Å². The summed E-state index contributed by atoms with van der Waals surface area (Å²) >= 11 is 0. The van der Waals surface area contributed by atoms with Gasteiger partial charge < -0.3 is 10.2 Å². The summed E-state index contributed by atoms with van der Waals surface area (Å²) in [6, 6.07) is 20.8. The highest BCUT2D eigenvalue weighted by molar-refractivity contribution is 6.07. The maximum Gasteiger partial charge on any atom is 0.325 e. The number of likely N-dealkylation sites (tertiary alicyclic amines) is 2. The van der Waals surface area contributed by atoms with Gasteiger partial charge in [-0.1, -0.05) is 60.7 Å². The fraction of sp³-hybridized carbons (Fsp3) is 0.481. The molecule has 0 unspecified atom stereocenters. The molecule has 3 heterocycles. The van der Waals surface area contributed by atoms with Gasteiger partial charge >= 0.3 is 6.03 Å². The zero-order valence-electron chi connectivity index (χ0n) is 19.3. The summed E-state index contributed by atoms with van der Waals surface area (Å²) in [6.07, 6.45) is 4.13. The highest BCUT2D eigenvalue weighted by Crippen LogP contribution is 2.33. The third kappa shape index (κ3) is 4.82. The quantitative estimate of drug-likeness (QED) is 0.692. The molecule has 6 heteroatoms. The molecule has 0 aliphatic carbocycles. The molecule has 0 saturated carbocycles. The molecule has 3 aliphatic rings. The number of amides is 3. The van der Waals surface area contributed by atoms with Crippen molar-refractivity contribution in [1.82, 2.24) is 20.0 Å². The highest BCUT2D eigenvalue weighted by Gasteiger charge is 2.54. The van der Waals surface area contributed by atoms with E-state index in [9.17, 15) is 9.59 Å². The number of imide groups is 1. The van der Waals surface area contributed by atoms with Crippen molar-refractivity contribution in [3.05, 3.63) is 71.8 Å². The monoisotopic (exact) mass is 446 g/mol. The minimum absolute atomic E-state index is 0.0109. The molecule has 3 saturated heterocycles. The molecule has 5 rings (SSSR count). The molecule has 3 fully saturated rings. The van der Waals surface area contributed by atoms with Crippen LogP contribution in [0.25, 0.3) is 0 Å². The van der Waals surface area contributed by atoms with E-state index in [1.54, 1.807) is 4.90 Å². The molecule has 174 valence electrons. The van der Waals surface area contributed by atoms with E-state index in [4.69, 9.17) is 0 Å². The van der Waals surface area contributed by atoms with Crippen molar-refractivity contribution in [2.24, 2.45) is 0 Å². The summed E-state index contributed by atoms with van der Waals surface area (Å²) in [7, 11) is 0. The van der Waals surface area contributed by atoms with Crippen LogP contribution in [0.1, 0.15) is 36.8 Å². The molecule has 0 radical (unpaired) electrons. The summed E-state index contributed by atoms with van der Waals surface area (Å²) in [5, 5.41) is 3.11. The topological polar surface area (TPSA) is 55.9 Å². The lowest BCUT2D eigenvalue weighted by molar-refractivity contribution is -0.135. The minimum atomic E-state index is -0.693. The molecule has 2 aromatic rings. The van der Waals surface area contributed by atoms with Gasteiger partial charge in [-0.05, 0) is 43.2 Å². The van der Waals surface area contributed by atoms with Gasteiger partial charge in [0.05, 0.1) is 0 Å². The summed E-state index contributed by atoms with van der Waals surface area (Å²) in [5.41, 5.74) is 1.96. The largest absolute Gasteiger partial charge is 0.325 e. The molecule has 3 aliphatic heterocycles. The maximum absolute atomic E-state index is 13.5. The Balaban J connectivity index is 1.13. The number of urea groups is 1. The molecule has 0 aromatic heterocycles. The van der Waals surface area contributed by atoms with Crippen molar-refractivity contribution in [2.45, 2.75) is 50.2 Å². The third-order valence-electron chi connectivity index (χ3n) is 7.63. The van der Waals surface area contributed by atoms with E-state index in [0.29, 0.717) is 12.8 Å². The number of carbonyl (C=O) groups excluding carboxylic acids is 2. The van der Waals surface area contributed by atoms with Crippen LogP contribution in [0.4, 0.5) is 4.79 Å². The average Bonchev–Trinajstić information content (AvgIpc) is 3.09. The summed E-state index contributed by atoms with van der Waals surface area (Å²) in [6.45, 7) is 5.44. The predicted octanol–water partition coefficient (Wildman–Crippen LogP) is 3.28. The Hall–Kier alpha value is -2.70. The zero-order valence-corrected chi connectivity index (χ0v) is 19.3. The van der Waals surface area contributed by atoms with Gasteiger partial charge in [0.1, 0.15) is 5.54 Å². The van der Waals surface area contributed by atoms with E-state index in [0.717, 1.165) is 58.5 Å². The lowest BCUT2D eigenvalue weighted by atomic mass is 9.86. The fourth-order valence-corrected chi connectivity index (χ4v) is 5.58. The Morgan fingerprint density at radius 2 is 1.39 bits per heavy atom. The molecule has 2 aromatic carbocycles. The van der Waals surface area contributed by atoms with Gasteiger partial charge in [-0.25, -0.2) is 4.79 Å². The molecule has 0 bridgehead atoms. The number of hydrogen-bond acceptors (Lipinski definition) is 4. The van der Waals surface area contributed by atoms with Crippen molar-refractivity contribution in [2.75, 3.05) is 32.7 Å². The van der Waals surface area contributed by atoms with E-state index >= 15 is 0 Å². The molecule has 33 heavy (non-hydrogen) atoms. The standard InChI is InChI=1S/C27H34N4O2/c32-25-27(14-19-29(20-15-27)16-11-22-7-3-1-4-8-22)28-26(33)31(25)24-12-17-30(18-13-24)21-23-9-5-2-6-10-23/h1-10,24H,11-21H2,(H,28,33). The lowest BCUT2D eigenvalue weighted by Crippen LogP contribution is -2.55. The molecular formula is C27H34N4O2. The Kier molecular flexibility index (Phi) is 6.47. The van der Waals surface area contributed by atoms with Gasteiger partial charge in [0.25, 0.3) is 5.91 Å². The van der Waals surface area contributed by atoms with Crippen LogP contribution in [0.5, 0.6) is 0 Å². The Morgan fingerprint density at radius 3 is 2.03 bits per heavy atom. The molecule has 6 nitrogen and oxygen atoms in total. The van der Waals surface area contributed by atoms with Crippen molar-refractivity contribution in [3.8, 4) is 0 Å². The van der Waals surface area contributed by atoms with Crippen LogP contribution >= 0.6 is 0 Å². The predicted molar refractivity (Wildman–Crippen MR) is 129 cm³/mol. The lowest BCUT2D eigenvalue weighted by Gasteiger charge is -2.38. The first-order valence-corrected chi connectivity index (χ1v) is 12.3. The maximum atomic E-state index is 13.5. The van der Waals surface area contributed by atoms with Crippen molar-refractivity contribution in [3.63, 3.8) is 0 Å². The first-order chi connectivity index (χ1) is 16.1. The van der Waals surface area contributed by atoms with Crippen molar-refractivity contribution in [1.29, 1.82) is 0 Å². The Labute approximate surface area is 196 Å². The third-order valence-corrected chi connectivity index (χ3v) is 7.63. The van der Waals surface area contributed by atoms with Crippen molar-refractivity contribution < 1.29 is 9.59 Å². The number of rotatable bonds is 6. The second kappa shape index (κ2) is 9.65. The van der Waals surface area contributed by atoms with Gasteiger partial charge in [0, 0.05) is 45.3 Å². The van der Waals surface area contributed by atoms with Gasteiger partial charge in [0.2, 0.25) is 0 Å². The van der Waals surface area contributed by atoms with E-state index < -0.39 is 5.54 Å². The van der Waals surface area contributed by atoms with E-state index in [1.165, 1.54) is 11.1 Å². The number of nitrogens with zero attached hydrogens (tertiary/aromatic N) is 3. The molecule has 0 atom stereocenters. The van der Waals surface area contributed by atoms with Gasteiger partial charge in [0.15, 0.2) is 0 Å². The molecule has 1 spiro atoms. The van der Waals surface area contributed by atoms with E-state index in [2.05, 4.69) is 63.6 Å².